The number of hydrogen-bond acceptors (Lipinski definition) is 3. The van der Waals surface area contributed by atoms with E-state index in [9.17, 15) is 10.2 Å². The lowest BCUT2D eigenvalue weighted by atomic mass is 10.2. The second kappa shape index (κ2) is 6.40. The molecule has 0 aliphatic rings. The van der Waals surface area contributed by atoms with Crippen molar-refractivity contribution in [2.24, 2.45) is 0 Å². The van der Waals surface area contributed by atoms with Crippen molar-refractivity contribution in [2.75, 3.05) is 6.61 Å². The first-order valence-electron chi connectivity index (χ1n) is 4.71. The van der Waals surface area contributed by atoms with Gasteiger partial charge in [-0.1, -0.05) is 26.7 Å². The molecule has 0 radical (unpaired) electrons. The number of hydrogen-bond donors (Lipinski definition) is 2. The Bertz CT molecular complexity index is 102. The molecule has 12 heavy (non-hydrogen) atoms. The highest BCUT2D eigenvalue weighted by Crippen LogP contribution is 2.13. The fourth-order valence-corrected chi connectivity index (χ4v) is 0.943. The maximum absolute atomic E-state index is 9.21. The lowest BCUT2D eigenvalue weighted by Gasteiger charge is -2.21. The van der Waals surface area contributed by atoms with Crippen molar-refractivity contribution in [2.45, 2.75) is 51.9 Å². The first-order chi connectivity index (χ1) is 5.62. The predicted molar refractivity (Wildman–Crippen MR) is 47.6 cm³/mol. The van der Waals surface area contributed by atoms with Crippen molar-refractivity contribution in [3.63, 3.8) is 0 Å². The van der Waals surface area contributed by atoms with Gasteiger partial charge >= 0.3 is 0 Å². The van der Waals surface area contributed by atoms with E-state index in [4.69, 9.17) is 4.74 Å². The van der Waals surface area contributed by atoms with E-state index in [2.05, 4.69) is 6.92 Å². The summed E-state index contributed by atoms with van der Waals surface area (Å²) >= 11 is 0. The summed E-state index contributed by atoms with van der Waals surface area (Å²) in [5, 5.41) is 18.4. The van der Waals surface area contributed by atoms with Gasteiger partial charge in [0.15, 0.2) is 0 Å². The second-order valence-corrected chi connectivity index (χ2v) is 3.05. The van der Waals surface area contributed by atoms with Crippen molar-refractivity contribution in [1.29, 1.82) is 0 Å². The molecule has 0 bridgehead atoms. The Hall–Kier alpha value is -0.120. The van der Waals surface area contributed by atoms with Crippen LogP contribution < -0.4 is 0 Å². The molecule has 0 aliphatic heterocycles. The van der Waals surface area contributed by atoms with E-state index in [1.165, 1.54) is 0 Å². The highest BCUT2D eigenvalue weighted by atomic mass is 16.8. The molecule has 3 heteroatoms. The Morgan fingerprint density at radius 3 is 2.25 bits per heavy atom. The average molecular weight is 176 g/mol. The number of aliphatic hydroxyl groups is 2. The molecule has 0 amide bonds. The van der Waals surface area contributed by atoms with Gasteiger partial charge in [-0.2, -0.15) is 0 Å². The van der Waals surface area contributed by atoms with E-state index in [0.717, 1.165) is 25.7 Å². The van der Waals surface area contributed by atoms with Gasteiger partial charge in [0.1, 0.15) is 0 Å². The average Bonchev–Trinajstić information content (AvgIpc) is 2.01. The SMILES string of the molecule is CCCCCC(O)(O)OCCC. The van der Waals surface area contributed by atoms with E-state index in [1.54, 1.807) is 0 Å². The molecule has 0 aliphatic carbocycles. The van der Waals surface area contributed by atoms with E-state index in [1.807, 2.05) is 6.92 Å². The predicted octanol–water partition coefficient (Wildman–Crippen LogP) is 1.63. The minimum atomic E-state index is -1.90. The molecular weight excluding hydrogens is 156 g/mol. The first kappa shape index (κ1) is 11.9. The Balaban J connectivity index is 3.42. The van der Waals surface area contributed by atoms with Gasteiger partial charge in [-0.05, 0) is 12.8 Å². The van der Waals surface area contributed by atoms with Crippen LogP contribution in [0, 0.1) is 0 Å². The zero-order chi connectivity index (χ0) is 9.45. The number of rotatable bonds is 7. The standard InChI is InChI=1S/C9H20O3/c1-3-5-6-7-9(10,11)12-8-4-2/h10-11H,3-8H2,1-2H3. The molecule has 2 N–H and O–H groups in total. The topological polar surface area (TPSA) is 49.7 Å². The molecule has 0 fully saturated rings. The van der Waals surface area contributed by atoms with Crippen LogP contribution in [0.4, 0.5) is 0 Å². The van der Waals surface area contributed by atoms with Gasteiger partial charge in [-0.25, -0.2) is 0 Å². The molecule has 0 rings (SSSR count). The molecule has 74 valence electrons. The highest BCUT2D eigenvalue weighted by Gasteiger charge is 2.22. The maximum Gasteiger partial charge on any atom is 0.277 e. The summed E-state index contributed by atoms with van der Waals surface area (Å²) in [6.45, 7) is 4.41. The van der Waals surface area contributed by atoms with Crippen molar-refractivity contribution in [3.8, 4) is 0 Å². The van der Waals surface area contributed by atoms with Gasteiger partial charge in [0.25, 0.3) is 5.97 Å². The van der Waals surface area contributed by atoms with Crippen LogP contribution in [0.25, 0.3) is 0 Å². The third-order valence-corrected chi connectivity index (χ3v) is 1.64. The van der Waals surface area contributed by atoms with Crippen LogP contribution in [-0.4, -0.2) is 22.8 Å². The molecule has 0 saturated carbocycles. The van der Waals surface area contributed by atoms with Crippen LogP contribution in [0.3, 0.4) is 0 Å². The van der Waals surface area contributed by atoms with Crippen LogP contribution in [-0.2, 0) is 4.74 Å². The Labute approximate surface area is 74.4 Å². The van der Waals surface area contributed by atoms with Gasteiger partial charge in [0.05, 0.1) is 6.61 Å². The van der Waals surface area contributed by atoms with E-state index < -0.39 is 5.97 Å². The minimum Gasteiger partial charge on any atom is -0.343 e. The zero-order valence-corrected chi connectivity index (χ0v) is 8.05. The Morgan fingerprint density at radius 2 is 1.75 bits per heavy atom. The summed E-state index contributed by atoms with van der Waals surface area (Å²) in [5.41, 5.74) is 0. The van der Waals surface area contributed by atoms with Crippen LogP contribution in [0.5, 0.6) is 0 Å². The fourth-order valence-electron chi connectivity index (χ4n) is 0.943. The van der Waals surface area contributed by atoms with E-state index >= 15 is 0 Å². The molecule has 0 aromatic rings. The summed E-state index contributed by atoms with van der Waals surface area (Å²) in [4.78, 5) is 0. The summed E-state index contributed by atoms with van der Waals surface area (Å²) in [6.07, 6.45) is 3.99. The van der Waals surface area contributed by atoms with E-state index in [0.29, 0.717) is 13.0 Å². The highest BCUT2D eigenvalue weighted by molar-refractivity contribution is 4.51. The summed E-state index contributed by atoms with van der Waals surface area (Å²) < 4.78 is 4.84. The quantitative estimate of drug-likeness (QED) is 0.458. The van der Waals surface area contributed by atoms with Gasteiger partial charge in [-0.3, -0.25) is 0 Å². The van der Waals surface area contributed by atoms with Gasteiger partial charge < -0.3 is 14.9 Å². The van der Waals surface area contributed by atoms with Crippen molar-refractivity contribution in [3.05, 3.63) is 0 Å². The lowest BCUT2D eigenvalue weighted by Crippen LogP contribution is -2.32. The molecule has 3 nitrogen and oxygen atoms in total. The summed E-state index contributed by atoms with van der Waals surface area (Å²) in [6, 6.07) is 0. The molecule has 0 atom stereocenters. The number of unbranched alkanes of at least 4 members (excludes halogenated alkanes) is 2. The molecule has 0 aromatic carbocycles. The molecule has 0 unspecified atom stereocenters. The second-order valence-electron chi connectivity index (χ2n) is 3.05. The smallest absolute Gasteiger partial charge is 0.277 e. The van der Waals surface area contributed by atoms with Crippen LogP contribution in [0.2, 0.25) is 0 Å². The zero-order valence-electron chi connectivity index (χ0n) is 8.05. The molecule has 0 aromatic heterocycles. The van der Waals surface area contributed by atoms with Crippen molar-refractivity contribution >= 4 is 0 Å². The van der Waals surface area contributed by atoms with Gasteiger partial charge in [-0.15, -0.1) is 0 Å². The molecular formula is C9H20O3. The van der Waals surface area contributed by atoms with Crippen LogP contribution >= 0.6 is 0 Å². The van der Waals surface area contributed by atoms with E-state index in [-0.39, 0.29) is 0 Å². The fraction of sp³-hybridized carbons (Fsp3) is 1.00. The molecule has 0 saturated heterocycles. The normalized spacial score (nSPS) is 12.0. The molecule has 0 heterocycles. The minimum absolute atomic E-state index is 0.306. The number of ether oxygens (including phenoxy) is 1. The summed E-state index contributed by atoms with van der Waals surface area (Å²) in [5.74, 6) is -1.90. The Morgan fingerprint density at radius 1 is 1.08 bits per heavy atom. The molecule has 0 spiro atoms. The third kappa shape index (κ3) is 6.58. The third-order valence-electron chi connectivity index (χ3n) is 1.64. The Kier molecular flexibility index (Phi) is 6.34. The largest absolute Gasteiger partial charge is 0.343 e. The van der Waals surface area contributed by atoms with Gasteiger partial charge in [0, 0.05) is 6.42 Å². The van der Waals surface area contributed by atoms with Crippen LogP contribution in [0.1, 0.15) is 46.0 Å². The van der Waals surface area contributed by atoms with Crippen molar-refractivity contribution in [1.82, 2.24) is 0 Å². The lowest BCUT2D eigenvalue weighted by molar-refractivity contribution is -0.340. The maximum atomic E-state index is 9.21. The summed E-state index contributed by atoms with van der Waals surface area (Å²) in [7, 11) is 0. The monoisotopic (exact) mass is 176 g/mol. The van der Waals surface area contributed by atoms with Crippen molar-refractivity contribution < 1.29 is 14.9 Å². The van der Waals surface area contributed by atoms with Crippen LogP contribution in [0.15, 0.2) is 0 Å². The van der Waals surface area contributed by atoms with Gasteiger partial charge in [0.2, 0.25) is 0 Å². The first-order valence-corrected chi connectivity index (χ1v) is 4.71.